The number of esters is 1. The van der Waals surface area contributed by atoms with E-state index < -0.39 is 24.0 Å². The fourth-order valence-corrected chi connectivity index (χ4v) is 2.52. The summed E-state index contributed by atoms with van der Waals surface area (Å²) in [5.41, 5.74) is 0. The lowest BCUT2D eigenvalue weighted by molar-refractivity contribution is -0.144. The van der Waals surface area contributed by atoms with Crippen LogP contribution in [0.4, 0.5) is 4.79 Å². The molecule has 7 nitrogen and oxygen atoms in total. The van der Waals surface area contributed by atoms with E-state index in [4.69, 9.17) is 0 Å². The first kappa shape index (κ1) is 17.3. The summed E-state index contributed by atoms with van der Waals surface area (Å²) in [5.74, 6) is -1.23. The molecule has 0 aromatic carbocycles. The molecule has 21 heavy (non-hydrogen) atoms. The predicted octanol–water partition coefficient (Wildman–Crippen LogP) is 1.18. The highest BCUT2D eigenvalue weighted by Crippen LogP contribution is 2.24. The number of carbonyl (C=O) groups is 3. The number of carboxylic acid groups (broad SMARTS) is 1. The molecule has 0 aromatic rings. The Morgan fingerprint density at radius 1 is 1.38 bits per heavy atom. The van der Waals surface area contributed by atoms with Gasteiger partial charge in [0.25, 0.3) is 0 Å². The number of hydrogen-bond acceptors (Lipinski definition) is 4. The molecule has 1 heterocycles. The van der Waals surface area contributed by atoms with Crippen molar-refractivity contribution in [3.05, 3.63) is 0 Å². The van der Waals surface area contributed by atoms with Crippen molar-refractivity contribution in [2.45, 2.75) is 39.2 Å². The van der Waals surface area contributed by atoms with Gasteiger partial charge in [-0.25, -0.2) is 9.59 Å². The molecule has 0 aliphatic carbocycles. The number of rotatable bonds is 5. The van der Waals surface area contributed by atoms with Gasteiger partial charge in [0.15, 0.2) is 0 Å². The maximum Gasteiger partial charge on any atom is 0.326 e. The Morgan fingerprint density at radius 3 is 2.57 bits per heavy atom. The topological polar surface area (TPSA) is 87.2 Å². The third kappa shape index (κ3) is 4.61. The molecule has 0 saturated carbocycles. The van der Waals surface area contributed by atoms with E-state index in [9.17, 15) is 19.5 Å². The summed E-state index contributed by atoms with van der Waals surface area (Å²) in [6.45, 7) is 4.52. The molecule has 2 amide bonds. The molecule has 1 rings (SSSR count). The molecule has 1 saturated heterocycles. The van der Waals surface area contributed by atoms with E-state index in [1.165, 1.54) is 16.9 Å². The van der Waals surface area contributed by atoms with Crippen LogP contribution in [-0.4, -0.2) is 65.7 Å². The van der Waals surface area contributed by atoms with E-state index in [0.717, 1.165) is 6.42 Å². The number of urea groups is 1. The number of hydrogen-bond donors (Lipinski definition) is 1. The minimum atomic E-state index is -0.996. The third-order valence-corrected chi connectivity index (χ3v) is 3.71. The quantitative estimate of drug-likeness (QED) is 0.770. The SMILES string of the molecule is CCCN(CC(=O)OC)C(=O)N1CCC(C)CC1C(=O)O. The first-order chi connectivity index (χ1) is 9.90. The number of nitrogens with zero attached hydrogens (tertiary/aromatic N) is 2. The molecule has 7 heteroatoms. The number of likely N-dealkylation sites (tertiary alicyclic amines) is 1. The number of methoxy groups -OCH3 is 1. The Balaban J connectivity index is 2.84. The molecule has 0 bridgehead atoms. The van der Waals surface area contributed by atoms with Crippen LogP contribution in [0, 0.1) is 5.92 Å². The highest BCUT2D eigenvalue weighted by atomic mass is 16.5. The van der Waals surface area contributed by atoms with Crippen LogP contribution in [0.1, 0.15) is 33.1 Å². The monoisotopic (exact) mass is 300 g/mol. The van der Waals surface area contributed by atoms with Gasteiger partial charge >= 0.3 is 18.0 Å². The first-order valence-corrected chi connectivity index (χ1v) is 7.25. The fourth-order valence-electron chi connectivity index (χ4n) is 2.52. The summed E-state index contributed by atoms with van der Waals surface area (Å²) in [5, 5.41) is 9.31. The summed E-state index contributed by atoms with van der Waals surface area (Å²) in [7, 11) is 1.26. The molecule has 0 spiro atoms. The number of carboxylic acids is 1. The maximum absolute atomic E-state index is 12.5. The molecule has 1 fully saturated rings. The van der Waals surface area contributed by atoms with E-state index in [1.807, 2.05) is 13.8 Å². The summed E-state index contributed by atoms with van der Waals surface area (Å²) in [4.78, 5) is 38.0. The van der Waals surface area contributed by atoms with Gasteiger partial charge in [0, 0.05) is 13.1 Å². The van der Waals surface area contributed by atoms with E-state index >= 15 is 0 Å². The molecule has 2 unspecified atom stereocenters. The lowest BCUT2D eigenvalue weighted by Gasteiger charge is -2.38. The average Bonchev–Trinajstić information content (AvgIpc) is 2.45. The van der Waals surface area contributed by atoms with Crippen molar-refractivity contribution in [1.82, 2.24) is 9.80 Å². The highest BCUT2D eigenvalue weighted by molar-refractivity contribution is 5.85. The first-order valence-electron chi connectivity index (χ1n) is 7.25. The zero-order chi connectivity index (χ0) is 16.0. The van der Waals surface area contributed by atoms with Gasteiger partial charge in [-0.2, -0.15) is 0 Å². The van der Waals surface area contributed by atoms with Crippen molar-refractivity contribution >= 4 is 18.0 Å². The Labute approximate surface area is 124 Å². The molecular formula is C14H24N2O5. The van der Waals surface area contributed by atoms with Crippen LogP contribution >= 0.6 is 0 Å². The standard InChI is InChI=1S/C14H24N2O5/c1-4-6-15(9-12(17)21-3)14(20)16-7-5-10(2)8-11(16)13(18)19/h10-11H,4-9H2,1-3H3,(H,18,19). The van der Waals surface area contributed by atoms with Crippen molar-refractivity contribution < 1.29 is 24.2 Å². The molecule has 1 aliphatic heterocycles. The lowest BCUT2D eigenvalue weighted by atomic mass is 9.92. The smallest absolute Gasteiger partial charge is 0.326 e. The normalized spacial score (nSPS) is 21.8. The Hall–Kier alpha value is -1.79. The number of carbonyl (C=O) groups excluding carboxylic acids is 2. The van der Waals surface area contributed by atoms with Crippen molar-refractivity contribution in [3.8, 4) is 0 Å². The Kier molecular flexibility index (Phi) is 6.45. The molecule has 120 valence electrons. The van der Waals surface area contributed by atoms with Gasteiger partial charge in [0.1, 0.15) is 12.6 Å². The van der Waals surface area contributed by atoms with Crippen molar-refractivity contribution in [2.75, 3.05) is 26.7 Å². The van der Waals surface area contributed by atoms with Gasteiger partial charge in [-0.1, -0.05) is 13.8 Å². The van der Waals surface area contributed by atoms with Crippen LogP contribution < -0.4 is 0 Å². The zero-order valence-corrected chi connectivity index (χ0v) is 12.9. The fraction of sp³-hybridized carbons (Fsp3) is 0.786. The Bertz CT molecular complexity index is 399. The van der Waals surface area contributed by atoms with Crippen molar-refractivity contribution in [2.24, 2.45) is 5.92 Å². The minimum absolute atomic E-state index is 0.151. The van der Waals surface area contributed by atoms with Gasteiger partial charge in [-0.05, 0) is 25.2 Å². The number of amides is 2. The van der Waals surface area contributed by atoms with E-state index in [2.05, 4.69) is 4.74 Å². The zero-order valence-electron chi connectivity index (χ0n) is 12.9. The van der Waals surface area contributed by atoms with Crippen LogP contribution in [0.15, 0.2) is 0 Å². The maximum atomic E-state index is 12.5. The second-order valence-corrected chi connectivity index (χ2v) is 5.46. The Morgan fingerprint density at radius 2 is 2.05 bits per heavy atom. The molecule has 1 aliphatic rings. The number of piperidine rings is 1. The third-order valence-electron chi connectivity index (χ3n) is 3.71. The van der Waals surface area contributed by atoms with Gasteiger partial charge in [-0.3, -0.25) is 4.79 Å². The summed E-state index contributed by atoms with van der Waals surface area (Å²) >= 11 is 0. The molecule has 0 radical (unpaired) electrons. The van der Waals surface area contributed by atoms with Crippen molar-refractivity contribution in [1.29, 1.82) is 0 Å². The van der Waals surface area contributed by atoms with E-state index in [-0.39, 0.29) is 12.5 Å². The average molecular weight is 300 g/mol. The molecule has 1 N–H and O–H groups in total. The van der Waals surface area contributed by atoms with E-state index in [0.29, 0.717) is 25.9 Å². The minimum Gasteiger partial charge on any atom is -0.480 e. The predicted molar refractivity (Wildman–Crippen MR) is 75.8 cm³/mol. The van der Waals surface area contributed by atoms with Crippen molar-refractivity contribution in [3.63, 3.8) is 0 Å². The van der Waals surface area contributed by atoms with E-state index in [1.54, 1.807) is 0 Å². The summed E-state index contributed by atoms with van der Waals surface area (Å²) in [6.07, 6.45) is 1.90. The van der Waals surface area contributed by atoms with Crippen LogP contribution in [0.3, 0.4) is 0 Å². The largest absolute Gasteiger partial charge is 0.480 e. The second kappa shape index (κ2) is 7.85. The summed E-state index contributed by atoms with van der Waals surface area (Å²) in [6, 6.07) is -1.22. The molecule has 0 aromatic heterocycles. The number of aliphatic carboxylic acids is 1. The van der Waals surface area contributed by atoms with Crippen LogP contribution in [0.2, 0.25) is 0 Å². The van der Waals surface area contributed by atoms with Gasteiger partial charge in [0.05, 0.1) is 7.11 Å². The molecular weight excluding hydrogens is 276 g/mol. The van der Waals surface area contributed by atoms with Crippen LogP contribution in [-0.2, 0) is 14.3 Å². The van der Waals surface area contributed by atoms with Gasteiger partial charge in [-0.15, -0.1) is 0 Å². The number of ether oxygens (including phenoxy) is 1. The summed E-state index contributed by atoms with van der Waals surface area (Å²) < 4.78 is 4.59. The van der Waals surface area contributed by atoms with Gasteiger partial charge in [0.2, 0.25) is 0 Å². The van der Waals surface area contributed by atoms with Gasteiger partial charge < -0.3 is 19.6 Å². The lowest BCUT2D eigenvalue weighted by Crippen LogP contribution is -2.55. The van der Waals surface area contributed by atoms with Crippen LogP contribution in [0.25, 0.3) is 0 Å². The van der Waals surface area contributed by atoms with Crippen LogP contribution in [0.5, 0.6) is 0 Å². The molecule has 2 atom stereocenters. The second-order valence-electron chi connectivity index (χ2n) is 5.46. The highest BCUT2D eigenvalue weighted by Gasteiger charge is 2.37.